The summed E-state index contributed by atoms with van der Waals surface area (Å²) in [6, 6.07) is 0. The summed E-state index contributed by atoms with van der Waals surface area (Å²) < 4.78 is 5.44. The molecule has 0 spiro atoms. The summed E-state index contributed by atoms with van der Waals surface area (Å²) in [5.74, 6) is 0.341. The summed E-state index contributed by atoms with van der Waals surface area (Å²) in [5.41, 5.74) is 0. The van der Waals surface area contributed by atoms with Gasteiger partial charge in [-0.15, -0.1) is 0 Å². The van der Waals surface area contributed by atoms with Gasteiger partial charge in [0.1, 0.15) is 6.10 Å². The summed E-state index contributed by atoms with van der Waals surface area (Å²) in [7, 11) is 0. The van der Waals surface area contributed by atoms with Crippen LogP contribution in [0.25, 0.3) is 0 Å². The molecule has 15 heavy (non-hydrogen) atoms. The van der Waals surface area contributed by atoms with Gasteiger partial charge in [-0.05, 0) is 38.5 Å². The summed E-state index contributed by atoms with van der Waals surface area (Å²) in [6.07, 6.45) is 3.45. The Bertz CT molecular complexity index is 240. The topological polar surface area (TPSA) is 58.6 Å². The Morgan fingerprint density at radius 1 is 1.47 bits per heavy atom. The molecule has 2 fully saturated rings. The van der Waals surface area contributed by atoms with Crippen molar-refractivity contribution < 1.29 is 14.6 Å². The molecule has 4 heteroatoms. The van der Waals surface area contributed by atoms with Gasteiger partial charge in [0, 0.05) is 6.54 Å². The number of carbonyl (C=O) groups is 1. The second kappa shape index (κ2) is 4.49. The van der Waals surface area contributed by atoms with E-state index in [1.54, 1.807) is 0 Å². The van der Waals surface area contributed by atoms with E-state index in [4.69, 9.17) is 4.74 Å². The van der Waals surface area contributed by atoms with E-state index in [0.717, 1.165) is 25.7 Å². The molecule has 1 aliphatic carbocycles. The molecule has 0 aromatic rings. The lowest BCUT2D eigenvalue weighted by atomic mass is 10.2. The third-order valence-electron chi connectivity index (χ3n) is 3.18. The van der Waals surface area contributed by atoms with Gasteiger partial charge >= 0.3 is 0 Å². The number of carbonyl (C=O) groups excluding carboxylic acids is 1. The van der Waals surface area contributed by atoms with E-state index in [2.05, 4.69) is 5.32 Å². The molecular weight excluding hydrogens is 194 g/mol. The van der Waals surface area contributed by atoms with Crippen molar-refractivity contribution in [3.8, 4) is 0 Å². The second-order valence-electron chi connectivity index (χ2n) is 4.66. The maximum atomic E-state index is 11.6. The first kappa shape index (κ1) is 10.9. The summed E-state index contributed by atoms with van der Waals surface area (Å²) in [4.78, 5) is 11.6. The van der Waals surface area contributed by atoms with Crippen LogP contribution in [-0.2, 0) is 9.53 Å². The molecule has 2 aliphatic rings. The monoisotopic (exact) mass is 213 g/mol. The molecule has 0 aromatic heterocycles. The van der Waals surface area contributed by atoms with Crippen molar-refractivity contribution in [1.29, 1.82) is 0 Å². The molecule has 4 nitrogen and oxygen atoms in total. The van der Waals surface area contributed by atoms with Crippen LogP contribution in [0.2, 0.25) is 0 Å². The predicted octanol–water partition coefficient (Wildman–Crippen LogP) is 0.441. The van der Waals surface area contributed by atoms with Crippen LogP contribution in [0.15, 0.2) is 0 Å². The molecule has 1 heterocycles. The maximum absolute atomic E-state index is 11.6. The Morgan fingerprint density at radius 2 is 2.20 bits per heavy atom. The van der Waals surface area contributed by atoms with Gasteiger partial charge in [-0.25, -0.2) is 0 Å². The molecule has 0 aromatic carbocycles. The zero-order valence-electron chi connectivity index (χ0n) is 9.11. The average molecular weight is 213 g/mol. The number of aliphatic hydroxyl groups is 1. The fourth-order valence-corrected chi connectivity index (χ4v) is 1.96. The van der Waals surface area contributed by atoms with Gasteiger partial charge in [-0.3, -0.25) is 4.79 Å². The molecular formula is C11H19NO3. The SMILES string of the molecule is CC1CCC(C(=O)NCC(O)C2CC2)O1. The van der Waals surface area contributed by atoms with Crippen LogP contribution in [0, 0.1) is 5.92 Å². The molecule has 86 valence electrons. The molecule has 0 radical (unpaired) electrons. The maximum Gasteiger partial charge on any atom is 0.249 e. The third kappa shape index (κ3) is 2.92. The summed E-state index contributed by atoms with van der Waals surface area (Å²) >= 11 is 0. The first-order valence-electron chi connectivity index (χ1n) is 5.78. The Kier molecular flexibility index (Phi) is 3.26. The fourth-order valence-electron chi connectivity index (χ4n) is 1.96. The van der Waals surface area contributed by atoms with E-state index < -0.39 is 0 Å². The molecule has 1 aliphatic heterocycles. The van der Waals surface area contributed by atoms with Gasteiger partial charge in [0.05, 0.1) is 12.2 Å². The fraction of sp³-hybridized carbons (Fsp3) is 0.909. The van der Waals surface area contributed by atoms with Crippen molar-refractivity contribution in [2.24, 2.45) is 5.92 Å². The van der Waals surface area contributed by atoms with Crippen LogP contribution in [0.4, 0.5) is 0 Å². The number of hydrogen-bond acceptors (Lipinski definition) is 3. The average Bonchev–Trinajstić information content (AvgIpc) is 2.97. The van der Waals surface area contributed by atoms with Gasteiger partial charge in [0.2, 0.25) is 5.91 Å². The van der Waals surface area contributed by atoms with Crippen molar-refractivity contribution in [2.45, 2.75) is 50.9 Å². The van der Waals surface area contributed by atoms with Gasteiger partial charge in [0.15, 0.2) is 0 Å². The molecule has 0 bridgehead atoms. The Morgan fingerprint density at radius 3 is 2.73 bits per heavy atom. The second-order valence-corrected chi connectivity index (χ2v) is 4.66. The molecule has 2 N–H and O–H groups in total. The Labute approximate surface area is 90.0 Å². The molecule has 3 unspecified atom stereocenters. The van der Waals surface area contributed by atoms with Gasteiger partial charge < -0.3 is 15.2 Å². The zero-order valence-corrected chi connectivity index (χ0v) is 9.11. The van der Waals surface area contributed by atoms with Gasteiger partial charge in [-0.2, -0.15) is 0 Å². The molecule has 3 atom stereocenters. The van der Waals surface area contributed by atoms with Crippen molar-refractivity contribution in [2.75, 3.05) is 6.54 Å². The number of aliphatic hydroxyl groups excluding tert-OH is 1. The van der Waals surface area contributed by atoms with Crippen molar-refractivity contribution in [3.05, 3.63) is 0 Å². The van der Waals surface area contributed by atoms with Gasteiger partial charge in [0.25, 0.3) is 0 Å². The van der Waals surface area contributed by atoms with Crippen LogP contribution in [0.3, 0.4) is 0 Å². The van der Waals surface area contributed by atoms with E-state index >= 15 is 0 Å². The molecule has 1 saturated heterocycles. The quantitative estimate of drug-likeness (QED) is 0.712. The molecule has 2 rings (SSSR count). The summed E-state index contributed by atoms with van der Waals surface area (Å²) in [6.45, 7) is 2.35. The summed E-state index contributed by atoms with van der Waals surface area (Å²) in [5, 5.41) is 12.3. The van der Waals surface area contributed by atoms with Crippen LogP contribution >= 0.6 is 0 Å². The van der Waals surface area contributed by atoms with Crippen molar-refractivity contribution >= 4 is 5.91 Å². The lowest BCUT2D eigenvalue weighted by molar-refractivity contribution is -0.132. The highest BCUT2D eigenvalue weighted by Gasteiger charge is 2.32. The van der Waals surface area contributed by atoms with Gasteiger partial charge in [-0.1, -0.05) is 0 Å². The standard InChI is InChI=1S/C11H19NO3/c1-7-2-5-10(15-7)11(14)12-6-9(13)8-3-4-8/h7-10,13H,2-6H2,1H3,(H,12,14). The highest BCUT2D eigenvalue weighted by atomic mass is 16.5. The number of ether oxygens (including phenoxy) is 1. The van der Waals surface area contributed by atoms with E-state index in [9.17, 15) is 9.90 Å². The number of hydrogen-bond donors (Lipinski definition) is 2. The Hall–Kier alpha value is -0.610. The predicted molar refractivity (Wildman–Crippen MR) is 55.3 cm³/mol. The minimum Gasteiger partial charge on any atom is -0.391 e. The molecule has 1 amide bonds. The first-order valence-corrected chi connectivity index (χ1v) is 5.78. The van der Waals surface area contributed by atoms with Crippen LogP contribution < -0.4 is 5.32 Å². The minimum atomic E-state index is -0.368. The van der Waals surface area contributed by atoms with E-state index in [-0.39, 0.29) is 24.2 Å². The number of nitrogens with one attached hydrogen (secondary N) is 1. The van der Waals surface area contributed by atoms with Crippen molar-refractivity contribution in [3.63, 3.8) is 0 Å². The first-order chi connectivity index (χ1) is 7.16. The third-order valence-corrected chi connectivity index (χ3v) is 3.18. The Balaban J connectivity index is 1.67. The van der Waals surface area contributed by atoms with Crippen LogP contribution in [0.5, 0.6) is 0 Å². The zero-order chi connectivity index (χ0) is 10.8. The lowest BCUT2D eigenvalue weighted by Gasteiger charge is -2.14. The highest BCUT2D eigenvalue weighted by Crippen LogP contribution is 2.32. The lowest BCUT2D eigenvalue weighted by Crippen LogP contribution is -2.39. The van der Waals surface area contributed by atoms with E-state index in [1.165, 1.54) is 0 Å². The van der Waals surface area contributed by atoms with Crippen molar-refractivity contribution in [1.82, 2.24) is 5.32 Å². The van der Waals surface area contributed by atoms with E-state index in [1.807, 2.05) is 6.92 Å². The number of amides is 1. The molecule has 1 saturated carbocycles. The smallest absolute Gasteiger partial charge is 0.249 e. The highest BCUT2D eigenvalue weighted by molar-refractivity contribution is 5.81. The number of rotatable bonds is 4. The largest absolute Gasteiger partial charge is 0.391 e. The van der Waals surface area contributed by atoms with Crippen LogP contribution in [0.1, 0.15) is 32.6 Å². The minimum absolute atomic E-state index is 0.0703. The van der Waals surface area contributed by atoms with E-state index in [0.29, 0.717) is 12.5 Å². The normalized spacial score (nSPS) is 32.7. The van der Waals surface area contributed by atoms with Crippen LogP contribution in [-0.4, -0.2) is 35.9 Å².